The summed E-state index contributed by atoms with van der Waals surface area (Å²) in [5.74, 6) is -1.02. The molecule has 5 nitrogen and oxygen atoms in total. The Bertz CT molecular complexity index is 867. The molecule has 26 heavy (non-hydrogen) atoms. The largest absolute Gasteiger partial charge is 0.342 e. The topological polar surface area (TPSA) is 66.1 Å². The van der Waals surface area contributed by atoms with Crippen molar-refractivity contribution >= 4 is 5.91 Å². The average molecular weight is 361 g/mol. The third-order valence-corrected chi connectivity index (χ3v) is 4.93. The van der Waals surface area contributed by atoms with Gasteiger partial charge in [0.25, 0.3) is 5.56 Å². The summed E-state index contributed by atoms with van der Waals surface area (Å²) >= 11 is 0. The first-order valence-electron chi connectivity index (χ1n) is 8.65. The van der Waals surface area contributed by atoms with Gasteiger partial charge in [-0.15, -0.1) is 0 Å². The molecule has 0 unspecified atom stereocenters. The van der Waals surface area contributed by atoms with Crippen LogP contribution in [-0.4, -0.2) is 33.9 Å². The van der Waals surface area contributed by atoms with Crippen molar-refractivity contribution in [1.29, 1.82) is 0 Å². The third-order valence-electron chi connectivity index (χ3n) is 4.93. The molecule has 1 saturated heterocycles. The molecule has 2 heterocycles. The van der Waals surface area contributed by atoms with Crippen LogP contribution in [0.3, 0.4) is 0 Å². The van der Waals surface area contributed by atoms with E-state index in [0.717, 1.165) is 17.8 Å². The molecule has 0 aliphatic carbocycles. The van der Waals surface area contributed by atoms with Gasteiger partial charge in [-0.25, -0.2) is 13.8 Å². The Morgan fingerprint density at radius 3 is 2.46 bits per heavy atom. The Morgan fingerprint density at radius 2 is 1.85 bits per heavy atom. The van der Waals surface area contributed by atoms with E-state index in [4.69, 9.17) is 0 Å². The number of nitrogens with zero attached hydrogens (tertiary/aromatic N) is 2. The molecule has 1 aromatic heterocycles. The number of H-pyrrole nitrogens is 1. The molecule has 0 atom stereocenters. The van der Waals surface area contributed by atoms with E-state index in [2.05, 4.69) is 9.97 Å². The summed E-state index contributed by atoms with van der Waals surface area (Å²) in [6.07, 6.45) is 1.05. The molecule has 1 fully saturated rings. The first-order chi connectivity index (χ1) is 12.4. The van der Waals surface area contributed by atoms with E-state index in [-0.39, 0.29) is 29.4 Å². The van der Waals surface area contributed by atoms with Crippen LogP contribution in [-0.2, 0) is 11.2 Å². The first-order valence-corrected chi connectivity index (χ1v) is 8.65. The molecular formula is C19H21F2N3O2. The second-order valence-electron chi connectivity index (χ2n) is 6.69. The zero-order chi connectivity index (χ0) is 18.8. The molecule has 1 N–H and O–H groups in total. The lowest BCUT2D eigenvalue weighted by molar-refractivity contribution is -0.131. The lowest BCUT2D eigenvalue weighted by Crippen LogP contribution is -2.39. The molecule has 138 valence electrons. The maximum Gasteiger partial charge on any atom is 0.254 e. The maximum atomic E-state index is 13.7. The number of aromatic amines is 1. The molecule has 1 aromatic carbocycles. The number of halogens is 2. The molecular weight excluding hydrogens is 340 g/mol. The van der Waals surface area contributed by atoms with Crippen LogP contribution in [0.5, 0.6) is 0 Å². The molecule has 3 rings (SSSR count). The van der Waals surface area contributed by atoms with Crippen LogP contribution < -0.4 is 5.56 Å². The van der Waals surface area contributed by atoms with Crippen LogP contribution in [0, 0.1) is 25.5 Å². The van der Waals surface area contributed by atoms with E-state index in [1.54, 1.807) is 18.7 Å². The number of amides is 1. The highest BCUT2D eigenvalue weighted by atomic mass is 19.1. The molecule has 0 bridgehead atoms. The van der Waals surface area contributed by atoms with Gasteiger partial charge in [-0.2, -0.15) is 0 Å². The minimum Gasteiger partial charge on any atom is -0.342 e. The van der Waals surface area contributed by atoms with E-state index in [1.165, 1.54) is 6.07 Å². The van der Waals surface area contributed by atoms with Crippen molar-refractivity contribution in [3.05, 3.63) is 62.8 Å². The zero-order valence-electron chi connectivity index (χ0n) is 14.8. The fourth-order valence-corrected chi connectivity index (χ4v) is 3.43. The normalized spacial score (nSPS) is 15.3. The second kappa shape index (κ2) is 7.35. The molecule has 2 aromatic rings. The van der Waals surface area contributed by atoms with Crippen molar-refractivity contribution in [3.63, 3.8) is 0 Å². The van der Waals surface area contributed by atoms with Gasteiger partial charge < -0.3 is 9.88 Å². The molecule has 0 radical (unpaired) electrons. The molecule has 0 spiro atoms. The third kappa shape index (κ3) is 3.66. The number of piperidine rings is 1. The lowest BCUT2D eigenvalue weighted by Gasteiger charge is -2.32. The smallest absolute Gasteiger partial charge is 0.254 e. The second-order valence-corrected chi connectivity index (χ2v) is 6.69. The van der Waals surface area contributed by atoms with Gasteiger partial charge in [0.15, 0.2) is 0 Å². The van der Waals surface area contributed by atoms with Gasteiger partial charge in [0.1, 0.15) is 17.5 Å². The van der Waals surface area contributed by atoms with Gasteiger partial charge in [-0.1, -0.05) is 6.07 Å². The number of benzene rings is 1. The van der Waals surface area contributed by atoms with Gasteiger partial charge >= 0.3 is 0 Å². The van der Waals surface area contributed by atoms with E-state index < -0.39 is 11.6 Å². The Morgan fingerprint density at radius 1 is 1.23 bits per heavy atom. The van der Waals surface area contributed by atoms with E-state index >= 15 is 0 Å². The SMILES string of the molecule is Cc1nc(C2CCN(C(=O)Cc3c(F)cccc3F)CC2)c(C)c(=O)[nH]1. The van der Waals surface area contributed by atoms with Crippen LogP contribution in [0.15, 0.2) is 23.0 Å². The number of aryl methyl sites for hydroxylation is 1. The van der Waals surface area contributed by atoms with Gasteiger partial charge in [-0.3, -0.25) is 9.59 Å². The number of hydrogen-bond donors (Lipinski definition) is 1. The Hall–Kier alpha value is -2.57. The Labute approximate surface area is 150 Å². The molecule has 1 amide bonds. The average Bonchev–Trinajstić information content (AvgIpc) is 2.61. The van der Waals surface area contributed by atoms with Gasteiger partial charge in [0, 0.05) is 30.1 Å². The number of carbonyl (C=O) groups excluding carboxylic acids is 1. The quantitative estimate of drug-likeness (QED) is 0.914. The Kier molecular flexibility index (Phi) is 5.15. The van der Waals surface area contributed by atoms with Crippen molar-refractivity contribution in [1.82, 2.24) is 14.9 Å². The highest BCUT2D eigenvalue weighted by molar-refractivity contribution is 5.79. The summed E-state index contributed by atoms with van der Waals surface area (Å²) in [7, 11) is 0. The minimum atomic E-state index is -0.702. The lowest BCUT2D eigenvalue weighted by atomic mass is 9.90. The van der Waals surface area contributed by atoms with Crippen LogP contribution in [0.2, 0.25) is 0 Å². The zero-order valence-corrected chi connectivity index (χ0v) is 14.8. The minimum absolute atomic E-state index is 0.102. The highest BCUT2D eigenvalue weighted by Crippen LogP contribution is 2.28. The Balaban J connectivity index is 1.67. The monoisotopic (exact) mass is 361 g/mol. The van der Waals surface area contributed by atoms with Crippen LogP contribution in [0.4, 0.5) is 8.78 Å². The summed E-state index contributed by atoms with van der Waals surface area (Å²) in [5.41, 5.74) is 1.05. The van der Waals surface area contributed by atoms with Crippen molar-refractivity contribution in [2.24, 2.45) is 0 Å². The number of rotatable bonds is 3. The summed E-state index contributed by atoms with van der Waals surface area (Å²) in [6.45, 7) is 4.45. The number of carbonyl (C=O) groups is 1. The van der Waals surface area contributed by atoms with E-state index in [0.29, 0.717) is 37.3 Å². The predicted octanol–water partition coefficient (Wildman–Crippen LogP) is 2.61. The molecule has 7 heteroatoms. The number of aromatic nitrogens is 2. The van der Waals surface area contributed by atoms with Crippen molar-refractivity contribution in [2.75, 3.05) is 13.1 Å². The van der Waals surface area contributed by atoms with Gasteiger partial charge in [0.05, 0.1) is 12.1 Å². The summed E-state index contributed by atoms with van der Waals surface area (Å²) in [6, 6.07) is 3.59. The van der Waals surface area contributed by atoms with Gasteiger partial charge in [0.2, 0.25) is 5.91 Å². The van der Waals surface area contributed by atoms with Crippen molar-refractivity contribution < 1.29 is 13.6 Å². The molecule has 0 saturated carbocycles. The molecule has 1 aliphatic heterocycles. The summed E-state index contributed by atoms with van der Waals surface area (Å²) in [4.78, 5) is 33.1. The molecule has 1 aliphatic rings. The highest BCUT2D eigenvalue weighted by Gasteiger charge is 2.27. The number of hydrogen-bond acceptors (Lipinski definition) is 3. The van der Waals surface area contributed by atoms with Crippen LogP contribution in [0.1, 0.15) is 41.4 Å². The van der Waals surface area contributed by atoms with Gasteiger partial charge in [-0.05, 0) is 38.8 Å². The predicted molar refractivity (Wildman–Crippen MR) is 92.9 cm³/mol. The number of likely N-dealkylation sites (tertiary alicyclic amines) is 1. The summed E-state index contributed by atoms with van der Waals surface area (Å²) < 4.78 is 27.5. The first kappa shape index (κ1) is 18.2. The maximum absolute atomic E-state index is 13.7. The number of nitrogens with one attached hydrogen (secondary N) is 1. The van der Waals surface area contributed by atoms with E-state index in [1.807, 2.05) is 0 Å². The van der Waals surface area contributed by atoms with Crippen LogP contribution in [0.25, 0.3) is 0 Å². The van der Waals surface area contributed by atoms with E-state index in [9.17, 15) is 18.4 Å². The van der Waals surface area contributed by atoms with Crippen molar-refractivity contribution in [3.8, 4) is 0 Å². The fourth-order valence-electron chi connectivity index (χ4n) is 3.43. The standard InChI is InChI=1S/C19H21F2N3O2/c1-11-18(22-12(2)23-19(11)26)13-6-8-24(9-7-13)17(25)10-14-15(20)4-3-5-16(14)21/h3-5,13H,6-10H2,1-2H3,(H,22,23,26). The fraction of sp³-hybridized carbons (Fsp3) is 0.421. The van der Waals surface area contributed by atoms with Crippen LogP contribution >= 0.6 is 0 Å². The van der Waals surface area contributed by atoms with Crippen molar-refractivity contribution in [2.45, 2.75) is 39.0 Å². The summed E-state index contributed by atoms with van der Waals surface area (Å²) in [5, 5.41) is 0.